The van der Waals surface area contributed by atoms with Crippen LogP contribution in [0, 0.1) is 20.2 Å². The van der Waals surface area contributed by atoms with Gasteiger partial charge in [-0.05, 0) is 158 Å². The number of non-ortho nitro benzene ring substituents is 2. The van der Waals surface area contributed by atoms with Crippen LogP contribution in [0.4, 0.5) is 83.2 Å². The summed E-state index contributed by atoms with van der Waals surface area (Å²) < 4.78 is 107. The number of nitro groups is 2. The average molecular weight is 1230 g/mol. The minimum Gasteiger partial charge on any atom is -0.460 e. The molecule has 0 atom stereocenters. The number of likely N-dealkylation sites (N-methyl/N-ethyl adjacent to an activating group) is 1. The fourth-order valence-electron chi connectivity index (χ4n) is 9.02. The van der Waals surface area contributed by atoms with E-state index in [1.807, 2.05) is 11.8 Å². The van der Waals surface area contributed by atoms with Crippen LogP contribution in [-0.2, 0) is 14.9 Å². The highest BCUT2D eigenvalue weighted by molar-refractivity contribution is 6.11. The molecule has 89 heavy (non-hydrogen) atoms. The Hall–Kier alpha value is -11.4. The number of ether oxygens (including phenoxy) is 3. The Bertz CT molecular complexity index is 3920. The van der Waals surface area contributed by atoms with E-state index in [4.69, 9.17) is 19.9 Å². The predicted octanol–water partition coefficient (Wildman–Crippen LogP) is 15.5. The molecular weight excluding hydrogens is 1170 g/mol. The largest absolute Gasteiger partial charge is 0.460 e. The molecule has 0 aliphatic heterocycles. The smallest absolute Gasteiger partial charge is 0.411 e. The molecule has 0 aromatic heterocycles. The van der Waals surface area contributed by atoms with E-state index in [1.165, 1.54) is 78.9 Å². The van der Waals surface area contributed by atoms with Crippen molar-refractivity contribution in [2.24, 2.45) is 20.5 Å². The highest BCUT2D eigenvalue weighted by Gasteiger charge is 2.72. The third kappa shape index (κ3) is 15.2. The number of alkyl halides is 6. The number of benzene rings is 8. The highest BCUT2D eigenvalue weighted by Crippen LogP contribution is 2.56. The van der Waals surface area contributed by atoms with E-state index in [0.29, 0.717) is 65.5 Å². The Morgan fingerprint density at radius 2 is 0.978 bits per heavy atom. The van der Waals surface area contributed by atoms with Crippen LogP contribution in [0.3, 0.4) is 0 Å². The van der Waals surface area contributed by atoms with Crippen LogP contribution in [0.2, 0.25) is 0 Å². The first-order chi connectivity index (χ1) is 42.5. The molecule has 456 valence electrons. The second-order valence-corrected chi connectivity index (χ2v) is 19.2. The lowest BCUT2D eigenvalue weighted by Crippen LogP contribution is -2.54. The summed E-state index contributed by atoms with van der Waals surface area (Å²) in [6, 6.07) is 37.6. The van der Waals surface area contributed by atoms with Gasteiger partial charge in [0.15, 0.2) is 13.0 Å². The third-order valence-electron chi connectivity index (χ3n) is 13.7. The van der Waals surface area contributed by atoms with E-state index < -0.39 is 62.2 Å². The lowest BCUT2D eigenvalue weighted by atomic mass is 9.73. The fraction of sp³-hybridized carbons (Fsp3) is 0.161. The van der Waals surface area contributed by atoms with Crippen LogP contribution in [0.15, 0.2) is 202 Å². The van der Waals surface area contributed by atoms with Crippen LogP contribution >= 0.6 is 0 Å². The van der Waals surface area contributed by atoms with E-state index in [9.17, 15) is 65.7 Å². The van der Waals surface area contributed by atoms with Crippen molar-refractivity contribution >= 4 is 81.0 Å². The molecule has 1 amide bonds. The summed E-state index contributed by atoms with van der Waals surface area (Å²) in [5.74, 6) is -3.26. The van der Waals surface area contributed by atoms with Gasteiger partial charge in [-0.15, -0.1) is 0 Å². The van der Waals surface area contributed by atoms with Crippen LogP contribution in [0.1, 0.15) is 66.4 Å². The first-order valence-electron chi connectivity index (χ1n) is 26.7. The predicted molar refractivity (Wildman–Crippen MR) is 315 cm³/mol. The average Bonchev–Trinajstić information content (AvgIpc) is 0.741. The van der Waals surface area contributed by atoms with Crippen molar-refractivity contribution in [2.45, 2.75) is 31.6 Å². The molecule has 0 saturated heterocycles. The summed E-state index contributed by atoms with van der Waals surface area (Å²) in [6.07, 6.45) is -11.4. The molecule has 0 fully saturated rings. The summed E-state index contributed by atoms with van der Waals surface area (Å²) in [5, 5.41) is 40.9. The SMILES string of the molecule is CCN(CCOC(=O)c1cc(Oc2ccc(C(=O)OCN(CC)c3ccc(/N=N/c4ccc([N+](=O)[O-])cc4)cc3)c(C(=O)Nc3ccc(C(c4ccc(N)cc4)(C(F)(F)F)C(F)(F)F)cc3)c2)ccc1C=O)c1ccc(/N=N/c2ccc([N+](=O)[O-])cc2)cc1. The van der Waals surface area contributed by atoms with Gasteiger partial charge >= 0.3 is 24.3 Å². The van der Waals surface area contributed by atoms with Crippen molar-refractivity contribution in [3.63, 3.8) is 0 Å². The lowest BCUT2D eigenvalue weighted by Gasteiger charge is -2.38. The van der Waals surface area contributed by atoms with E-state index >= 15 is 0 Å². The number of amides is 1. The van der Waals surface area contributed by atoms with Gasteiger partial charge in [-0.3, -0.25) is 29.8 Å². The number of carbonyl (C=O) groups excluding carboxylic acids is 4. The Balaban J connectivity index is 1.00. The maximum absolute atomic E-state index is 14.9. The molecule has 27 heteroatoms. The van der Waals surface area contributed by atoms with Crippen LogP contribution in [0.5, 0.6) is 11.5 Å². The fourth-order valence-corrected chi connectivity index (χ4v) is 9.02. The van der Waals surface area contributed by atoms with Gasteiger partial charge in [0, 0.05) is 65.7 Å². The molecule has 3 N–H and O–H groups in total. The van der Waals surface area contributed by atoms with Crippen molar-refractivity contribution in [1.82, 2.24) is 0 Å². The van der Waals surface area contributed by atoms with Crippen molar-refractivity contribution in [2.75, 3.05) is 53.8 Å². The summed E-state index contributed by atoms with van der Waals surface area (Å²) in [7, 11) is 0. The molecule has 0 unspecified atom stereocenters. The number of nitro benzene ring substituents is 2. The number of halogens is 6. The molecule has 0 saturated carbocycles. The molecule has 8 rings (SSSR count). The number of esters is 2. The molecule has 0 spiro atoms. The van der Waals surface area contributed by atoms with Gasteiger partial charge < -0.3 is 35.1 Å². The number of carbonyl (C=O) groups is 4. The minimum atomic E-state index is -5.93. The molecule has 0 radical (unpaired) electrons. The van der Waals surface area contributed by atoms with Gasteiger partial charge in [-0.2, -0.15) is 46.8 Å². The minimum absolute atomic E-state index is 0.0582. The van der Waals surface area contributed by atoms with Gasteiger partial charge in [0.05, 0.1) is 55.8 Å². The van der Waals surface area contributed by atoms with E-state index in [1.54, 1.807) is 60.4 Å². The second kappa shape index (κ2) is 27.8. The molecule has 21 nitrogen and oxygen atoms in total. The molecule has 8 aromatic carbocycles. The summed E-state index contributed by atoms with van der Waals surface area (Å²) in [5.41, 5.74) is -0.0455. The summed E-state index contributed by atoms with van der Waals surface area (Å²) in [4.78, 5) is 78.6. The van der Waals surface area contributed by atoms with Crippen molar-refractivity contribution in [3.05, 3.63) is 236 Å². The first-order valence-corrected chi connectivity index (χ1v) is 26.7. The lowest BCUT2D eigenvalue weighted by molar-refractivity contribution is -0.385. The summed E-state index contributed by atoms with van der Waals surface area (Å²) >= 11 is 0. The number of hydrogen-bond acceptors (Lipinski definition) is 18. The number of nitrogen functional groups attached to an aromatic ring is 1. The number of hydrogen-bond donors (Lipinski definition) is 2. The number of anilines is 4. The number of nitrogens with two attached hydrogens (primary N) is 1. The van der Waals surface area contributed by atoms with Gasteiger partial charge in [0.25, 0.3) is 17.3 Å². The van der Waals surface area contributed by atoms with Gasteiger partial charge in [-0.25, -0.2) is 9.59 Å². The maximum Gasteiger partial charge on any atom is 0.411 e. The molecular formula is C62H50F6N10O11. The van der Waals surface area contributed by atoms with Crippen LogP contribution in [-0.4, -0.2) is 79.3 Å². The first kappa shape index (κ1) is 63.6. The number of nitrogens with one attached hydrogen (secondary N) is 1. The van der Waals surface area contributed by atoms with Gasteiger partial charge in [0.1, 0.15) is 18.1 Å². The Labute approximate surface area is 502 Å². The number of nitrogens with zero attached hydrogens (tertiary/aromatic N) is 8. The Morgan fingerprint density at radius 3 is 1.43 bits per heavy atom. The maximum atomic E-state index is 14.9. The van der Waals surface area contributed by atoms with Gasteiger partial charge in [0.2, 0.25) is 5.41 Å². The molecule has 0 aliphatic carbocycles. The number of rotatable bonds is 24. The third-order valence-corrected chi connectivity index (χ3v) is 13.7. The van der Waals surface area contributed by atoms with E-state index in [-0.39, 0.29) is 77.4 Å². The molecule has 0 aliphatic rings. The topological polar surface area (TPSA) is 276 Å². The monoisotopic (exact) mass is 1220 g/mol. The molecule has 0 bridgehead atoms. The van der Waals surface area contributed by atoms with E-state index in [2.05, 4.69) is 25.8 Å². The van der Waals surface area contributed by atoms with Crippen molar-refractivity contribution < 1.29 is 69.6 Å². The zero-order valence-corrected chi connectivity index (χ0v) is 46.8. The Morgan fingerprint density at radius 1 is 0.551 bits per heavy atom. The van der Waals surface area contributed by atoms with Gasteiger partial charge in [-0.1, -0.05) is 24.3 Å². The van der Waals surface area contributed by atoms with Crippen LogP contribution in [0.25, 0.3) is 0 Å². The highest BCUT2D eigenvalue weighted by atomic mass is 19.4. The van der Waals surface area contributed by atoms with E-state index in [0.717, 1.165) is 36.0 Å². The Kier molecular flexibility index (Phi) is 19.9. The normalized spacial score (nSPS) is 11.7. The van der Waals surface area contributed by atoms with Crippen molar-refractivity contribution in [1.29, 1.82) is 0 Å². The zero-order valence-electron chi connectivity index (χ0n) is 46.8. The number of azo groups is 2. The quantitative estimate of drug-likeness (QED) is 0.00832. The molecule has 8 aromatic rings. The summed E-state index contributed by atoms with van der Waals surface area (Å²) in [6.45, 7) is 4.08. The zero-order chi connectivity index (χ0) is 64.0. The standard InChI is InChI=1S/C62H50F6N10O11/c1-3-75(48-22-14-44(15-23-48)71-73-46-18-26-50(27-19-46)77(83)84)33-34-87-59(82)55-35-52(30-5-39(55)37-79)89-53-31-32-54(58(81)88-38-76(4-2)49-24-16-45(17-25-49)72-74-47-20-28-51(29-21-47)78(85)86)56(36-53)57(80)70-43-12-8-41(9-13-43)60(61(63,64)65,62(66,67)68)40-6-10-42(69)11-7-40/h5-32,35-37H,3-4,33-34,38,69H2,1-2H3,(H,70,80)/b73-71+,74-72+. The number of aldehydes is 1. The molecule has 0 heterocycles. The van der Waals surface area contributed by atoms with Crippen molar-refractivity contribution in [3.8, 4) is 11.5 Å². The van der Waals surface area contributed by atoms with Crippen LogP contribution < -0.4 is 25.6 Å². The second-order valence-electron chi connectivity index (χ2n) is 19.2.